The zero-order chi connectivity index (χ0) is 16.7. The minimum atomic E-state index is 0.668. The number of nitrogens with zero attached hydrogens (tertiary/aromatic N) is 5. The Morgan fingerprint density at radius 2 is 1.92 bits per heavy atom. The van der Waals surface area contributed by atoms with Crippen molar-refractivity contribution in [2.75, 3.05) is 18.0 Å². The van der Waals surface area contributed by atoms with Gasteiger partial charge in [0.1, 0.15) is 12.1 Å². The molecule has 3 aromatic rings. The van der Waals surface area contributed by atoms with Crippen LogP contribution in [0.5, 0.6) is 0 Å². The van der Waals surface area contributed by atoms with Crippen LogP contribution < -0.4 is 4.90 Å². The highest BCUT2D eigenvalue weighted by atomic mass is 35.5. The van der Waals surface area contributed by atoms with E-state index in [-0.39, 0.29) is 0 Å². The minimum Gasteiger partial charge on any atom is -0.355 e. The second-order valence-corrected chi connectivity index (χ2v) is 7.26. The third kappa shape index (κ3) is 2.73. The standard InChI is InChI=1S/C18H20ClN5/c1-12-6-13(2)10-23(9-12)17-16-8-22-24(18(16)21-11-20-17)15-5-3-4-14(19)7-15/h3-5,7-8,11-13H,6,9-10H2,1-2H3/t12-,13-/m0/s1. The topological polar surface area (TPSA) is 46.8 Å². The Morgan fingerprint density at radius 1 is 1.12 bits per heavy atom. The van der Waals surface area contributed by atoms with E-state index >= 15 is 0 Å². The molecule has 1 aliphatic heterocycles. The van der Waals surface area contributed by atoms with Crippen molar-refractivity contribution in [1.29, 1.82) is 0 Å². The molecule has 0 radical (unpaired) electrons. The number of halogens is 1. The van der Waals surface area contributed by atoms with Gasteiger partial charge in [-0.2, -0.15) is 5.10 Å². The molecule has 0 saturated carbocycles. The van der Waals surface area contributed by atoms with Crippen LogP contribution in [-0.2, 0) is 0 Å². The van der Waals surface area contributed by atoms with Crippen molar-refractivity contribution in [2.24, 2.45) is 11.8 Å². The fourth-order valence-corrected chi connectivity index (χ4v) is 3.90. The summed E-state index contributed by atoms with van der Waals surface area (Å²) in [5.41, 5.74) is 1.72. The lowest BCUT2D eigenvalue weighted by atomic mass is 9.92. The smallest absolute Gasteiger partial charge is 0.168 e. The van der Waals surface area contributed by atoms with Gasteiger partial charge in [-0.3, -0.25) is 0 Å². The summed E-state index contributed by atoms with van der Waals surface area (Å²) < 4.78 is 1.82. The Hall–Kier alpha value is -2.14. The van der Waals surface area contributed by atoms with E-state index in [1.54, 1.807) is 6.33 Å². The van der Waals surface area contributed by atoms with E-state index in [1.807, 2.05) is 35.1 Å². The average molecular weight is 342 g/mol. The van der Waals surface area contributed by atoms with Crippen molar-refractivity contribution >= 4 is 28.5 Å². The number of anilines is 1. The summed E-state index contributed by atoms with van der Waals surface area (Å²) in [5.74, 6) is 2.31. The van der Waals surface area contributed by atoms with Crippen molar-refractivity contribution in [3.63, 3.8) is 0 Å². The van der Waals surface area contributed by atoms with E-state index in [4.69, 9.17) is 11.6 Å². The maximum atomic E-state index is 6.12. The van der Waals surface area contributed by atoms with Crippen molar-refractivity contribution in [2.45, 2.75) is 20.3 Å². The van der Waals surface area contributed by atoms with E-state index in [1.165, 1.54) is 6.42 Å². The van der Waals surface area contributed by atoms with Crippen LogP contribution >= 0.6 is 11.6 Å². The molecule has 1 aliphatic rings. The number of benzene rings is 1. The summed E-state index contributed by atoms with van der Waals surface area (Å²) in [6.45, 7) is 6.66. The first-order valence-corrected chi connectivity index (χ1v) is 8.69. The van der Waals surface area contributed by atoms with Crippen LogP contribution in [-0.4, -0.2) is 32.8 Å². The van der Waals surface area contributed by atoms with E-state index in [2.05, 4.69) is 33.8 Å². The highest BCUT2D eigenvalue weighted by Crippen LogP contribution is 2.30. The number of aromatic nitrogens is 4. The SMILES string of the molecule is C[C@H]1C[C@H](C)CN(c2ncnc3c2cnn3-c2cccc(Cl)c2)C1. The molecular formula is C18H20ClN5. The van der Waals surface area contributed by atoms with Crippen molar-refractivity contribution in [3.8, 4) is 5.69 Å². The summed E-state index contributed by atoms with van der Waals surface area (Å²) in [7, 11) is 0. The lowest BCUT2D eigenvalue weighted by Crippen LogP contribution is -2.39. The van der Waals surface area contributed by atoms with Gasteiger partial charge in [0, 0.05) is 18.1 Å². The molecule has 0 spiro atoms. The lowest BCUT2D eigenvalue weighted by molar-refractivity contribution is 0.356. The molecule has 6 heteroatoms. The van der Waals surface area contributed by atoms with Gasteiger partial charge in [-0.1, -0.05) is 31.5 Å². The highest BCUT2D eigenvalue weighted by molar-refractivity contribution is 6.30. The maximum Gasteiger partial charge on any atom is 0.168 e. The van der Waals surface area contributed by atoms with Crippen molar-refractivity contribution < 1.29 is 0 Å². The summed E-state index contributed by atoms with van der Waals surface area (Å²) >= 11 is 6.12. The zero-order valence-electron chi connectivity index (χ0n) is 13.9. The predicted octanol–water partition coefficient (Wildman–Crippen LogP) is 3.95. The van der Waals surface area contributed by atoms with Gasteiger partial charge >= 0.3 is 0 Å². The van der Waals surface area contributed by atoms with Gasteiger partial charge in [-0.05, 0) is 36.5 Å². The van der Waals surface area contributed by atoms with Gasteiger partial charge in [-0.25, -0.2) is 14.6 Å². The Bertz CT molecular complexity index is 865. The quantitative estimate of drug-likeness (QED) is 0.708. The van der Waals surface area contributed by atoms with E-state index in [0.29, 0.717) is 16.9 Å². The Kier molecular flexibility index (Phi) is 3.88. The largest absolute Gasteiger partial charge is 0.355 e. The molecule has 0 unspecified atom stereocenters. The van der Waals surface area contributed by atoms with Gasteiger partial charge in [-0.15, -0.1) is 0 Å². The molecule has 124 valence electrons. The number of hydrogen-bond donors (Lipinski definition) is 0. The van der Waals surface area contributed by atoms with Gasteiger partial charge in [0.2, 0.25) is 0 Å². The second kappa shape index (κ2) is 6.06. The molecule has 2 atom stereocenters. The Balaban J connectivity index is 1.79. The normalized spacial score (nSPS) is 21.4. The molecule has 1 aromatic carbocycles. The van der Waals surface area contributed by atoms with E-state index in [9.17, 15) is 0 Å². The first-order valence-electron chi connectivity index (χ1n) is 8.31. The molecule has 0 bridgehead atoms. The van der Waals surface area contributed by atoms with Crippen molar-refractivity contribution in [3.05, 3.63) is 41.8 Å². The zero-order valence-corrected chi connectivity index (χ0v) is 14.6. The summed E-state index contributed by atoms with van der Waals surface area (Å²) in [6.07, 6.45) is 4.76. The van der Waals surface area contributed by atoms with Crippen LogP contribution in [0.1, 0.15) is 20.3 Å². The van der Waals surface area contributed by atoms with Gasteiger partial charge in [0.05, 0.1) is 17.3 Å². The summed E-state index contributed by atoms with van der Waals surface area (Å²) in [6, 6.07) is 7.64. The molecule has 2 aromatic heterocycles. The molecule has 1 saturated heterocycles. The van der Waals surface area contributed by atoms with Crippen molar-refractivity contribution in [1.82, 2.24) is 19.7 Å². The van der Waals surface area contributed by atoms with Crippen LogP contribution in [0.15, 0.2) is 36.8 Å². The summed E-state index contributed by atoms with van der Waals surface area (Å²) in [5, 5.41) is 6.20. The number of fused-ring (bicyclic) bond motifs is 1. The molecule has 0 N–H and O–H groups in total. The third-order valence-corrected chi connectivity index (χ3v) is 4.80. The van der Waals surface area contributed by atoms with E-state index in [0.717, 1.165) is 35.6 Å². The molecule has 3 heterocycles. The minimum absolute atomic E-state index is 0.668. The van der Waals surface area contributed by atoms with Gasteiger partial charge in [0.15, 0.2) is 5.65 Å². The Labute approximate surface area is 146 Å². The number of rotatable bonds is 2. The first-order chi connectivity index (χ1) is 11.6. The molecule has 4 rings (SSSR count). The fraction of sp³-hybridized carbons (Fsp3) is 0.389. The van der Waals surface area contributed by atoms with Crippen LogP contribution in [0, 0.1) is 11.8 Å². The summed E-state index contributed by atoms with van der Waals surface area (Å²) in [4.78, 5) is 11.4. The third-order valence-electron chi connectivity index (χ3n) is 4.57. The molecule has 1 fully saturated rings. The molecule has 24 heavy (non-hydrogen) atoms. The molecule has 0 aliphatic carbocycles. The molecule has 0 amide bonds. The van der Waals surface area contributed by atoms with Crippen LogP contribution in [0.3, 0.4) is 0 Å². The van der Waals surface area contributed by atoms with Crippen LogP contribution in [0.4, 0.5) is 5.82 Å². The lowest BCUT2D eigenvalue weighted by Gasteiger charge is -2.35. The Morgan fingerprint density at radius 3 is 2.67 bits per heavy atom. The van der Waals surface area contributed by atoms with Gasteiger partial charge < -0.3 is 4.90 Å². The van der Waals surface area contributed by atoms with Crippen LogP contribution in [0.2, 0.25) is 5.02 Å². The number of piperidine rings is 1. The first kappa shape index (κ1) is 15.4. The van der Waals surface area contributed by atoms with Gasteiger partial charge in [0.25, 0.3) is 0 Å². The average Bonchev–Trinajstić information content (AvgIpc) is 2.98. The molecule has 5 nitrogen and oxygen atoms in total. The second-order valence-electron chi connectivity index (χ2n) is 6.82. The van der Waals surface area contributed by atoms with E-state index < -0.39 is 0 Å². The number of hydrogen-bond acceptors (Lipinski definition) is 4. The fourth-order valence-electron chi connectivity index (χ4n) is 3.72. The predicted molar refractivity (Wildman–Crippen MR) is 96.8 cm³/mol. The molecular weight excluding hydrogens is 322 g/mol. The monoisotopic (exact) mass is 341 g/mol. The van der Waals surface area contributed by atoms with Crippen LogP contribution in [0.25, 0.3) is 16.7 Å². The highest BCUT2D eigenvalue weighted by Gasteiger charge is 2.25. The maximum absolute atomic E-state index is 6.12.